The lowest BCUT2D eigenvalue weighted by Crippen LogP contribution is -2.55. The summed E-state index contributed by atoms with van der Waals surface area (Å²) in [7, 11) is 0. The molecule has 2 fully saturated rings. The second-order valence-corrected chi connectivity index (χ2v) is 8.82. The zero-order chi connectivity index (χ0) is 21.8. The van der Waals surface area contributed by atoms with Crippen molar-refractivity contribution in [2.75, 3.05) is 25.1 Å². The number of fused-ring (bicyclic) bond motifs is 1. The Balaban J connectivity index is 1.42. The molecular weight excluding hydrogens is 428 g/mol. The molecule has 1 aromatic heterocycles. The van der Waals surface area contributed by atoms with Gasteiger partial charge >= 0.3 is 0 Å². The number of hydrogen-bond acceptors (Lipinski definition) is 7. The van der Waals surface area contributed by atoms with E-state index in [1.807, 2.05) is 4.90 Å². The van der Waals surface area contributed by atoms with E-state index in [0.717, 1.165) is 6.07 Å². The number of nitrogens with one attached hydrogen (secondary N) is 1. The standard InChI is InChI=1S/C21H25F2N3O4S/c22-14-5-13(6-15(23)7-14)9-26-10-16(27)11-29-12-19-18(26)2-1-17(30-19)8-20(28)25-21-24-3-4-31-21/h3-7,16-19,27H,1-2,8-12H2,(H,24,25,28)/t16-,17-,18+,19-/m1/s1. The molecule has 0 radical (unpaired) electrons. The first kappa shape index (κ1) is 22.2. The fourth-order valence-corrected chi connectivity index (χ4v) is 4.77. The van der Waals surface area contributed by atoms with Crippen molar-refractivity contribution >= 4 is 22.4 Å². The molecule has 2 aliphatic heterocycles. The average Bonchev–Trinajstić information content (AvgIpc) is 3.18. The lowest BCUT2D eigenvalue weighted by atomic mass is 9.94. The van der Waals surface area contributed by atoms with Crippen LogP contribution in [0, 0.1) is 11.6 Å². The summed E-state index contributed by atoms with van der Waals surface area (Å²) in [6.45, 7) is 1.01. The summed E-state index contributed by atoms with van der Waals surface area (Å²) < 4.78 is 39.1. The molecule has 0 bridgehead atoms. The zero-order valence-electron chi connectivity index (χ0n) is 16.9. The van der Waals surface area contributed by atoms with Gasteiger partial charge in [-0.15, -0.1) is 11.3 Å². The van der Waals surface area contributed by atoms with E-state index in [0.29, 0.717) is 30.1 Å². The van der Waals surface area contributed by atoms with Crippen molar-refractivity contribution in [1.82, 2.24) is 9.88 Å². The number of benzene rings is 1. The normalized spacial score (nSPS) is 27.2. The molecule has 3 heterocycles. The number of amides is 1. The van der Waals surface area contributed by atoms with E-state index in [1.54, 1.807) is 11.6 Å². The Labute approximate surface area is 183 Å². The van der Waals surface area contributed by atoms with Gasteiger partial charge in [0, 0.05) is 36.8 Å². The molecule has 2 aliphatic rings. The van der Waals surface area contributed by atoms with E-state index < -0.39 is 17.7 Å². The maximum atomic E-state index is 13.7. The third kappa shape index (κ3) is 6.05. The van der Waals surface area contributed by atoms with E-state index in [-0.39, 0.29) is 50.3 Å². The third-order valence-electron chi connectivity index (χ3n) is 5.49. The van der Waals surface area contributed by atoms with Crippen molar-refractivity contribution in [3.8, 4) is 0 Å². The second-order valence-electron chi connectivity index (χ2n) is 7.93. The molecule has 2 N–H and O–H groups in total. The Morgan fingerprint density at radius 1 is 1.26 bits per heavy atom. The predicted molar refractivity (Wildman–Crippen MR) is 111 cm³/mol. The molecule has 0 aliphatic carbocycles. The lowest BCUT2D eigenvalue weighted by molar-refractivity contribution is -0.156. The van der Waals surface area contributed by atoms with Gasteiger partial charge in [0.25, 0.3) is 0 Å². The number of aliphatic hydroxyl groups is 1. The smallest absolute Gasteiger partial charge is 0.228 e. The SMILES string of the molecule is O=C(C[C@H]1CC[C@H]2[C@@H](COC[C@H](O)CN2Cc2cc(F)cc(F)c2)O1)Nc1nccs1. The van der Waals surface area contributed by atoms with Crippen LogP contribution in [-0.4, -0.2) is 65.0 Å². The van der Waals surface area contributed by atoms with Crippen LogP contribution in [-0.2, 0) is 20.8 Å². The van der Waals surface area contributed by atoms with Gasteiger partial charge in [-0.25, -0.2) is 13.8 Å². The highest BCUT2D eigenvalue weighted by Crippen LogP contribution is 2.29. The molecule has 4 rings (SSSR count). The Morgan fingerprint density at radius 2 is 2.06 bits per heavy atom. The summed E-state index contributed by atoms with van der Waals surface area (Å²) in [5, 5.41) is 15.3. The molecule has 168 valence electrons. The first-order valence-corrected chi connectivity index (χ1v) is 11.1. The number of aliphatic hydroxyl groups excluding tert-OH is 1. The quantitative estimate of drug-likeness (QED) is 0.724. The van der Waals surface area contributed by atoms with E-state index in [4.69, 9.17) is 9.47 Å². The molecule has 7 nitrogen and oxygen atoms in total. The van der Waals surface area contributed by atoms with Gasteiger partial charge in [0.2, 0.25) is 5.91 Å². The summed E-state index contributed by atoms with van der Waals surface area (Å²) >= 11 is 1.35. The number of halogens is 2. The van der Waals surface area contributed by atoms with Crippen LogP contribution >= 0.6 is 11.3 Å². The van der Waals surface area contributed by atoms with Crippen LogP contribution in [0.2, 0.25) is 0 Å². The van der Waals surface area contributed by atoms with Gasteiger partial charge in [-0.3, -0.25) is 9.69 Å². The van der Waals surface area contributed by atoms with Crippen LogP contribution in [0.5, 0.6) is 0 Å². The first-order valence-electron chi connectivity index (χ1n) is 10.3. The Morgan fingerprint density at radius 3 is 2.81 bits per heavy atom. The van der Waals surface area contributed by atoms with E-state index in [9.17, 15) is 18.7 Å². The number of β-amino-alcohol motifs (C(OH)–C–C–N with tert-alkyl or cyclic N) is 1. The zero-order valence-corrected chi connectivity index (χ0v) is 17.7. The average molecular weight is 454 g/mol. The van der Waals surface area contributed by atoms with Crippen molar-refractivity contribution in [2.45, 2.75) is 50.2 Å². The Hall–Kier alpha value is -1.98. The van der Waals surface area contributed by atoms with E-state index in [1.165, 1.54) is 23.5 Å². The van der Waals surface area contributed by atoms with Crippen LogP contribution in [0.3, 0.4) is 0 Å². The molecule has 0 spiro atoms. The number of hydrogen-bond donors (Lipinski definition) is 2. The molecule has 2 saturated heterocycles. The summed E-state index contributed by atoms with van der Waals surface area (Å²) in [6.07, 6.45) is 1.92. The highest BCUT2D eigenvalue weighted by atomic mass is 32.1. The number of anilines is 1. The van der Waals surface area contributed by atoms with Gasteiger partial charge < -0.3 is 19.9 Å². The van der Waals surface area contributed by atoms with Gasteiger partial charge in [-0.05, 0) is 30.5 Å². The van der Waals surface area contributed by atoms with Crippen molar-refractivity contribution in [3.63, 3.8) is 0 Å². The van der Waals surface area contributed by atoms with Crippen LogP contribution in [0.1, 0.15) is 24.8 Å². The number of nitrogens with zero attached hydrogens (tertiary/aromatic N) is 2. The maximum absolute atomic E-state index is 13.7. The molecule has 1 aromatic carbocycles. The molecule has 0 unspecified atom stereocenters. The predicted octanol–water partition coefficient (Wildman–Crippen LogP) is 2.56. The van der Waals surface area contributed by atoms with Crippen LogP contribution < -0.4 is 5.32 Å². The summed E-state index contributed by atoms with van der Waals surface area (Å²) in [5.41, 5.74) is 0.495. The van der Waals surface area contributed by atoms with Gasteiger partial charge in [-0.1, -0.05) is 0 Å². The largest absolute Gasteiger partial charge is 0.389 e. The Kier molecular flexibility index (Phi) is 7.24. The summed E-state index contributed by atoms with van der Waals surface area (Å²) in [4.78, 5) is 18.4. The minimum atomic E-state index is -0.707. The molecule has 31 heavy (non-hydrogen) atoms. The first-order chi connectivity index (χ1) is 15.0. The van der Waals surface area contributed by atoms with E-state index >= 15 is 0 Å². The number of carbonyl (C=O) groups is 1. The highest BCUT2D eigenvalue weighted by molar-refractivity contribution is 7.13. The maximum Gasteiger partial charge on any atom is 0.228 e. The molecular formula is C21H25F2N3O4S. The molecule has 1 amide bonds. The van der Waals surface area contributed by atoms with Gasteiger partial charge in [0.15, 0.2) is 5.13 Å². The van der Waals surface area contributed by atoms with Crippen molar-refractivity contribution in [3.05, 3.63) is 47.0 Å². The van der Waals surface area contributed by atoms with Crippen molar-refractivity contribution < 1.29 is 28.2 Å². The second kappa shape index (κ2) is 10.1. The van der Waals surface area contributed by atoms with Crippen molar-refractivity contribution in [1.29, 1.82) is 0 Å². The minimum Gasteiger partial charge on any atom is -0.389 e. The summed E-state index contributed by atoms with van der Waals surface area (Å²) in [5.74, 6) is -1.42. The lowest BCUT2D eigenvalue weighted by Gasteiger charge is -2.44. The van der Waals surface area contributed by atoms with Crippen LogP contribution in [0.15, 0.2) is 29.8 Å². The molecule has 2 aromatic rings. The van der Waals surface area contributed by atoms with E-state index in [2.05, 4.69) is 10.3 Å². The molecule has 10 heteroatoms. The van der Waals surface area contributed by atoms with Crippen LogP contribution in [0.25, 0.3) is 0 Å². The number of rotatable bonds is 5. The molecule has 0 saturated carbocycles. The van der Waals surface area contributed by atoms with Gasteiger partial charge in [-0.2, -0.15) is 0 Å². The number of thiazole rings is 1. The van der Waals surface area contributed by atoms with Crippen molar-refractivity contribution in [2.24, 2.45) is 0 Å². The highest BCUT2D eigenvalue weighted by Gasteiger charge is 2.38. The number of ether oxygens (including phenoxy) is 2. The summed E-state index contributed by atoms with van der Waals surface area (Å²) in [6, 6.07) is 3.34. The minimum absolute atomic E-state index is 0.0976. The van der Waals surface area contributed by atoms with Gasteiger partial charge in [0.05, 0.1) is 37.9 Å². The fourth-order valence-electron chi connectivity index (χ4n) is 4.23. The number of aromatic nitrogens is 1. The topological polar surface area (TPSA) is 83.9 Å². The fraction of sp³-hybridized carbons (Fsp3) is 0.524. The third-order valence-corrected chi connectivity index (χ3v) is 6.18. The monoisotopic (exact) mass is 453 g/mol. The Bertz CT molecular complexity index is 865. The molecule has 4 atom stereocenters. The number of carbonyl (C=O) groups excluding carboxylic acids is 1. The van der Waals surface area contributed by atoms with Crippen LogP contribution in [0.4, 0.5) is 13.9 Å². The van der Waals surface area contributed by atoms with Gasteiger partial charge in [0.1, 0.15) is 11.6 Å².